The predicted molar refractivity (Wildman–Crippen MR) is 73.1 cm³/mol. The molecule has 0 atom stereocenters. The van der Waals surface area contributed by atoms with Crippen molar-refractivity contribution in [3.05, 3.63) is 17.7 Å². The third-order valence-electron chi connectivity index (χ3n) is 3.46. The molecule has 9 heteroatoms. The average Bonchev–Trinajstić information content (AvgIpc) is 3.12. The summed E-state index contributed by atoms with van der Waals surface area (Å²) in [6.07, 6.45) is 4.31. The van der Waals surface area contributed by atoms with Gasteiger partial charge in [-0.05, 0) is 35.0 Å². The van der Waals surface area contributed by atoms with Gasteiger partial charge in [0.2, 0.25) is 5.16 Å². The van der Waals surface area contributed by atoms with E-state index in [0.717, 1.165) is 43.5 Å². The lowest BCUT2D eigenvalue weighted by Gasteiger charge is -2.11. The van der Waals surface area contributed by atoms with Gasteiger partial charge in [-0.15, -0.1) is 5.10 Å². The first-order valence-corrected chi connectivity index (χ1v) is 7.50. The van der Waals surface area contributed by atoms with Crippen LogP contribution in [0.4, 0.5) is 14.6 Å². The van der Waals surface area contributed by atoms with Crippen LogP contribution in [-0.4, -0.2) is 32.2 Å². The number of pyridine rings is 1. The van der Waals surface area contributed by atoms with Crippen molar-refractivity contribution >= 4 is 17.6 Å². The van der Waals surface area contributed by atoms with E-state index in [-0.39, 0.29) is 16.9 Å². The molecule has 6 nitrogen and oxygen atoms in total. The maximum Gasteiger partial charge on any atom is 0.215 e. The molecule has 0 spiro atoms. The Morgan fingerprint density at radius 3 is 2.76 bits per heavy atom. The Bertz CT molecular complexity index is 641. The van der Waals surface area contributed by atoms with Crippen LogP contribution >= 0.6 is 11.8 Å². The van der Waals surface area contributed by atoms with Crippen LogP contribution in [0.15, 0.2) is 16.2 Å². The van der Waals surface area contributed by atoms with Crippen LogP contribution in [0.1, 0.15) is 31.7 Å². The molecule has 112 valence electrons. The van der Waals surface area contributed by atoms with Crippen molar-refractivity contribution in [3.63, 3.8) is 0 Å². The summed E-state index contributed by atoms with van der Waals surface area (Å²) in [5.74, 6) is -1.45. The molecule has 0 amide bonds. The van der Waals surface area contributed by atoms with Gasteiger partial charge in [-0.2, -0.15) is 0 Å². The molecule has 1 fully saturated rings. The van der Waals surface area contributed by atoms with Crippen LogP contribution in [0.25, 0.3) is 0 Å². The number of hydrogen-bond donors (Lipinski definition) is 1. The fourth-order valence-corrected chi connectivity index (χ4v) is 3.24. The lowest BCUT2D eigenvalue weighted by Crippen LogP contribution is -2.08. The van der Waals surface area contributed by atoms with Gasteiger partial charge in [0.15, 0.2) is 17.5 Å². The summed E-state index contributed by atoms with van der Waals surface area (Å²) in [6.45, 7) is 0. The van der Waals surface area contributed by atoms with Crippen molar-refractivity contribution in [3.8, 4) is 0 Å². The summed E-state index contributed by atoms with van der Waals surface area (Å²) in [7, 11) is 1.53. The van der Waals surface area contributed by atoms with Crippen molar-refractivity contribution in [2.24, 2.45) is 0 Å². The van der Waals surface area contributed by atoms with Crippen molar-refractivity contribution < 1.29 is 8.78 Å². The van der Waals surface area contributed by atoms with Crippen molar-refractivity contribution in [1.29, 1.82) is 0 Å². The van der Waals surface area contributed by atoms with Gasteiger partial charge in [0.25, 0.3) is 0 Å². The molecule has 0 aromatic carbocycles. The Morgan fingerprint density at radius 1 is 1.29 bits per heavy atom. The number of halogens is 2. The minimum atomic E-state index is -0.727. The number of hydrogen-bond acceptors (Lipinski definition) is 6. The van der Waals surface area contributed by atoms with Gasteiger partial charge < -0.3 is 5.32 Å². The van der Waals surface area contributed by atoms with Gasteiger partial charge in [-0.3, -0.25) is 0 Å². The lowest BCUT2D eigenvalue weighted by atomic mass is 10.3. The SMILES string of the molecule is CNc1nc(Sc2nnnn2C2CCCC2)c(F)cc1F. The van der Waals surface area contributed by atoms with Gasteiger partial charge in [-0.25, -0.2) is 18.4 Å². The van der Waals surface area contributed by atoms with Crippen molar-refractivity contribution in [1.82, 2.24) is 25.2 Å². The lowest BCUT2D eigenvalue weighted by molar-refractivity contribution is 0.422. The first-order valence-electron chi connectivity index (χ1n) is 6.68. The van der Waals surface area contributed by atoms with E-state index in [9.17, 15) is 8.78 Å². The molecule has 1 aliphatic rings. The van der Waals surface area contributed by atoms with E-state index < -0.39 is 11.6 Å². The normalized spacial score (nSPS) is 15.6. The monoisotopic (exact) mass is 312 g/mol. The van der Waals surface area contributed by atoms with Gasteiger partial charge in [-0.1, -0.05) is 12.8 Å². The molecule has 0 bridgehead atoms. The smallest absolute Gasteiger partial charge is 0.215 e. The molecule has 1 aliphatic carbocycles. The van der Waals surface area contributed by atoms with Crippen LogP contribution in [0, 0.1) is 11.6 Å². The summed E-state index contributed by atoms with van der Waals surface area (Å²) in [6, 6.07) is 1.06. The second-order valence-electron chi connectivity index (χ2n) is 4.80. The Hall–Kier alpha value is -1.77. The van der Waals surface area contributed by atoms with E-state index in [2.05, 4.69) is 25.8 Å². The minimum absolute atomic E-state index is 0.00112. The summed E-state index contributed by atoms with van der Waals surface area (Å²) >= 11 is 1.01. The molecule has 3 rings (SSSR count). The first-order chi connectivity index (χ1) is 10.2. The zero-order chi connectivity index (χ0) is 14.8. The van der Waals surface area contributed by atoms with Gasteiger partial charge in [0, 0.05) is 13.1 Å². The van der Waals surface area contributed by atoms with Gasteiger partial charge >= 0.3 is 0 Å². The Labute approximate surface area is 124 Å². The van der Waals surface area contributed by atoms with Crippen LogP contribution in [-0.2, 0) is 0 Å². The quantitative estimate of drug-likeness (QED) is 0.936. The van der Waals surface area contributed by atoms with Crippen LogP contribution in [0.2, 0.25) is 0 Å². The Balaban J connectivity index is 1.89. The predicted octanol–water partition coefficient (Wildman–Crippen LogP) is 2.65. The number of nitrogens with one attached hydrogen (secondary N) is 1. The molecule has 2 heterocycles. The zero-order valence-electron chi connectivity index (χ0n) is 11.4. The van der Waals surface area contributed by atoms with E-state index in [1.54, 1.807) is 4.68 Å². The second-order valence-corrected chi connectivity index (χ2v) is 5.76. The van der Waals surface area contributed by atoms with E-state index >= 15 is 0 Å². The minimum Gasteiger partial charge on any atom is -0.371 e. The van der Waals surface area contributed by atoms with Gasteiger partial charge in [0.1, 0.15) is 5.03 Å². The van der Waals surface area contributed by atoms with E-state index in [1.165, 1.54) is 7.05 Å². The Morgan fingerprint density at radius 2 is 2.05 bits per heavy atom. The third-order valence-corrected chi connectivity index (χ3v) is 4.39. The highest BCUT2D eigenvalue weighted by Gasteiger charge is 2.23. The largest absolute Gasteiger partial charge is 0.371 e. The molecule has 0 saturated heterocycles. The van der Waals surface area contributed by atoms with E-state index in [4.69, 9.17) is 0 Å². The highest BCUT2D eigenvalue weighted by Crippen LogP contribution is 2.34. The molecular weight excluding hydrogens is 298 g/mol. The summed E-state index contributed by atoms with van der Waals surface area (Å²) < 4.78 is 29.0. The molecule has 1 N–H and O–H groups in total. The molecule has 21 heavy (non-hydrogen) atoms. The van der Waals surface area contributed by atoms with E-state index in [0.29, 0.717) is 5.16 Å². The number of rotatable bonds is 4. The number of anilines is 1. The van der Waals surface area contributed by atoms with Crippen molar-refractivity contribution in [2.45, 2.75) is 41.9 Å². The maximum absolute atomic E-state index is 13.8. The molecule has 1 saturated carbocycles. The molecule has 0 aliphatic heterocycles. The second kappa shape index (κ2) is 5.92. The number of aromatic nitrogens is 5. The molecule has 2 aromatic rings. The fraction of sp³-hybridized carbons (Fsp3) is 0.500. The molecule has 0 radical (unpaired) electrons. The van der Waals surface area contributed by atoms with Crippen LogP contribution in [0.3, 0.4) is 0 Å². The van der Waals surface area contributed by atoms with Crippen LogP contribution < -0.4 is 5.32 Å². The zero-order valence-corrected chi connectivity index (χ0v) is 12.2. The molecule has 0 unspecified atom stereocenters. The average molecular weight is 312 g/mol. The fourth-order valence-electron chi connectivity index (χ4n) is 2.41. The maximum atomic E-state index is 13.8. The number of tetrazole rings is 1. The first kappa shape index (κ1) is 14.2. The standard InChI is InChI=1S/C12H14F2N6S/c1-15-10-8(13)6-9(14)11(16-10)21-12-17-18-19-20(12)7-4-2-3-5-7/h6-7H,2-5H2,1H3,(H,15,16). The highest BCUT2D eigenvalue weighted by molar-refractivity contribution is 7.99. The molecule has 2 aromatic heterocycles. The van der Waals surface area contributed by atoms with Crippen LogP contribution in [0.5, 0.6) is 0 Å². The summed E-state index contributed by atoms with van der Waals surface area (Å²) in [5, 5.41) is 14.7. The summed E-state index contributed by atoms with van der Waals surface area (Å²) in [4.78, 5) is 3.93. The van der Waals surface area contributed by atoms with Crippen molar-refractivity contribution in [2.75, 3.05) is 12.4 Å². The Kier molecular flexibility index (Phi) is 4.00. The molecular formula is C12H14F2N6S. The third kappa shape index (κ3) is 2.82. The topological polar surface area (TPSA) is 68.5 Å². The van der Waals surface area contributed by atoms with Gasteiger partial charge in [0.05, 0.1) is 6.04 Å². The number of nitrogens with zero attached hydrogens (tertiary/aromatic N) is 5. The van der Waals surface area contributed by atoms with E-state index in [1.807, 2.05) is 0 Å². The summed E-state index contributed by atoms with van der Waals surface area (Å²) in [5.41, 5.74) is 0. The highest BCUT2D eigenvalue weighted by atomic mass is 32.2.